The number of aromatic nitrogens is 1. The van der Waals surface area contributed by atoms with Crippen molar-refractivity contribution in [1.82, 2.24) is 10.3 Å². The van der Waals surface area contributed by atoms with E-state index in [-0.39, 0.29) is 12.5 Å². The topological polar surface area (TPSA) is 65.1 Å². The Morgan fingerprint density at radius 3 is 3.00 bits per heavy atom. The molecule has 0 saturated carbocycles. The minimum Gasteiger partial charge on any atom is -0.391 e. The quantitative estimate of drug-likeness (QED) is 0.708. The lowest BCUT2D eigenvalue weighted by molar-refractivity contribution is 0.0909. The molecule has 0 fully saturated rings. The number of nitrogens with one attached hydrogen (secondary N) is 2. The number of halogens is 1. The van der Waals surface area contributed by atoms with Crippen LogP contribution in [0.5, 0.6) is 0 Å². The molecule has 78 valence electrons. The van der Waals surface area contributed by atoms with E-state index < -0.39 is 6.10 Å². The molecule has 0 aliphatic heterocycles. The highest BCUT2D eigenvalue weighted by Gasteiger charge is 2.08. The fraction of sp³-hybridized carbons (Fsp3) is 0.444. The van der Waals surface area contributed by atoms with E-state index in [4.69, 9.17) is 11.6 Å². The summed E-state index contributed by atoms with van der Waals surface area (Å²) in [5, 5.41) is 12.3. The zero-order valence-corrected chi connectivity index (χ0v) is 8.64. The minimum atomic E-state index is -0.496. The van der Waals surface area contributed by atoms with Crippen LogP contribution in [-0.4, -0.2) is 28.6 Å². The van der Waals surface area contributed by atoms with Crippen molar-refractivity contribution in [2.45, 2.75) is 19.4 Å². The van der Waals surface area contributed by atoms with Crippen LogP contribution >= 0.6 is 11.6 Å². The van der Waals surface area contributed by atoms with E-state index in [0.717, 1.165) is 0 Å². The van der Waals surface area contributed by atoms with E-state index in [1.54, 1.807) is 0 Å². The number of H-pyrrole nitrogens is 1. The highest BCUT2D eigenvalue weighted by molar-refractivity contribution is 6.30. The van der Waals surface area contributed by atoms with Crippen molar-refractivity contribution >= 4 is 17.5 Å². The van der Waals surface area contributed by atoms with Gasteiger partial charge in [-0.05, 0) is 12.5 Å². The third-order valence-corrected chi connectivity index (χ3v) is 2.08. The number of carbonyl (C=O) groups excluding carboxylic acids is 1. The van der Waals surface area contributed by atoms with Crippen LogP contribution in [0, 0.1) is 0 Å². The maximum atomic E-state index is 11.4. The van der Waals surface area contributed by atoms with Crippen LogP contribution in [0.25, 0.3) is 0 Å². The molecule has 1 unspecified atom stereocenters. The summed E-state index contributed by atoms with van der Waals surface area (Å²) < 4.78 is 0. The second kappa shape index (κ2) is 5.02. The summed E-state index contributed by atoms with van der Waals surface area (Å²) in [6, 6.07) is 1.54. The number of amides is 1. The summed E-state index contributed by atoms with van der Waals surface area (Å²) in [6.45, 7) is 2.11. The van der Waals surface area contributed by atoms with Crippen molar-refractivity contribution in [2.75, 3.05) is 6.54 Å². The summed E-state index contributed by atoms with van der Waals surface area (Å²) in [4.78, 5) is 14.1. The lowest BCUT2D eigenvalue weighted by atomic mass is 10.3. The molecule has 1 rings (SSSR count). The van der Waals surface area contributed by atoms with Gasteiger partial charge in [-0.1, -0.05) is 18.5 Å². The molecular formula is C9H13ClN2O2. The van der Waals surface area contributed by atoms with Gasteiger partial charge in [0, 0.05) is 12.7 Å². The molecule has 1 atom stereocenters. The van der Waals surface area contributed by atoms with Crippen molar-refractivity contribution in [2.24, 2.45) is 0 Å². The van der Waals surface area contributed by atoms with Crippen molar-refractivity contribution in [3.63, 3.8) is 0 Å². The maximum absolute atomic E-state index is 11.4. The van der Waals surface area contributed by atoms with E-state index in [1.807, 2.05) is 6.92 Å². The number of hydrogen-bond donors (Lipinski definition) is 3. The van der Waals surface area contributed by atoms with Gasteiger partial charge in [-0.3, -0.25) is 4.79 Å². The normalized spacial score (nSPS) is 12.5. The fourth-order valence-electron chi connectivity index (χ4n) is 0.949. The first-order valence-corrected chi connectivity index (χ1v) is 4.81. The van der Waals surface area contributed by atoms with Crippen molar-refractivity contribution in [1.29, 1.82) is 0 Å². The number of carbonyl (C=O) groups is 1. The Bertz CT molecular complexity index is 312. The zero-order valence-electron chi connectivity index (χ0n) is 7.88. The molecule has 3 N–H and O–H groups in total. The van der Waals surface area contributed by atoms with Crippen LogP contribution in [0.3, 0.4) is 0 Å². The standard InChI is InChI=1S/C9H13ClN2O2/c1-2-7(13)5-12-9(14)8-3-6(10)4-11-8/h3-4,7,11,13H,2,5H2,1H3,(H,12,14). The van der Waals surface area contributed by atoms with Gasteiger partial charge in [0.25, 0.3) is 5.91 Å². The van der Waals surface area contributed by atoms with E-state index in [1.165, 1.54) is 12.3 Å². The third-order valence-electron chi connectivity index (χ3n) is 1.86. The van der Waals surface area contributed by atoms with E-state index in [9.17, 15) is 9.90 Å². The Hall–Kier alpha value is -1.00. The van der Waals surface area contributed by atoms with Gasteiger partial charge in [0.15, 0.2) is 0 Å². The molecule has 1 aromatic rings. The molecule has 5 heteroatoms. The molecule has 0 saturated heterocycles. The van der Waals surface area contributed by atoms with Crippen LogP contribution in [0.15, 0.2) is 12.3 Å². The number of aliphatic hydroxyl groups is 1. The second-order valence-corrected chi connectivity index (χ2v) is 3.44. The van der Waals surface area contributed by atoms with Crippen LogP contribution in [0.4, 0.5) is 0 Å². The summed E-state index contributed by atoms with van der Waals surface area (Å²) >= 11 is 5.63. The minimum absolute atomic E-state index is 0.256. The van der Waals surface area contributed by atoms with Gasteiger partial charge in [-0.2, -0.15) is 0 Å². The first-order chi connectivity index (χ1) is 6.63. The predicted octanol–water partition coefficient (Wildman–Crippen LogP) is 1.17. The number of rotatable bonds is 4. The number of aliphatic hydroxyl groups excluding tert-OH is 1. The Morgan fingerprint density at radius 1 is 1.79 bits per heavy atom. The first-order valence-electron chi connectivity index (χ1n) is 4.43. The third kappa shape index (κ3) is 3.05. The van der Waals surface area contributed by atoms with Gasteiger partial charge in [-0.15, -0.1) is 0 Å². The Labute approximate surface area is 87.3 Å². The van der Waals surface area contributed by atoms with Gasteiger partial charge in [0.2, 0.25) is 0 Å². The Morgan fingerprint density at radius 2 is 2.50 bits per heavy atom. The fourth-order valence-corrected chi connectivity index (χ4v) is 1.11. The highest BCUT2D eigenvalue weighted by atomic mass is 35.5. The summed E-state index contributed by atoms with van der Waals surface area (Å²) in [7, 11) is 0. The van der Waals surface area contributed by atoms with Gasteiger partial charge < -0.3 is 15.4 Å². The molecule has 0 radical (unpaired) electrons. The largest absolute Gasteiger partial charge is 0.391 e. The Balaban J connectivity index is 2.43. The van der Waals surface area contributed by atoms with Crippen LogP contribution < -0.4 is 5.32 Å². The lowest BCUT2D eigenvalue weighted by Gasteiger charge is -2.08. The van der Waals surface area contributed by atoms with Gasteiger partial charge in [0.05, 0.1) is 11.1 Å². The summed E-state index contributed by atoms with van der Waals surface area (Å²) in [5.74, 6) is -0.260. The van der Waals surface area contributed by atoms with Gasteiger partial charge >= 0.3 is 0 Å². The zero-order chi connectivity index (χ0) is 10.6. The van der Waals surface area contributed by atoms with Gasteiger partial charge in [0.1, 0.15) is 5.69 Å². The molecule has 1 amide bonds. The molecule has 0 aliphatic carbocycles. The number of aromatic amines is 1. The number of hydrogen-bond acceptors (Lipinski definition) is 2. The molecule has 0 spiro atoms. The van der Waals surface area contributed by atoms with E-state index >= 15 is 0 Å². The van der Waals surface area contributed by atoms with E-state index in [0.29, 0.717) is 17.1 Å². The molecule has 0 bridgehead atoms. The lowest BCUT2D eigenvalue weighted by Crippen LogP contribution is -2.31. The van der Waals surface area contributed by atoms with Crippen LogP contribution in [0.1, 0.15) is 23.8 Å². The van der Waals surface area contributed by atoms with Crippen LogP contribution in [0.2, 0.25) is 5.02 Å². The second-order valence-electron chi connectivity index (χ2n) is 3.00. The molecule has 4 nitrogen and oxygen atoms in total. The van der Waals surface area contributed by atoms with Crippen molar-refractivity contribution < 1.29 is 9.90 Å². The Kier molecular flexibility index (Phi) is 3.98. The van der Waals surface area contributed by atoms with Crippen molar-refractivity contribution in [3.8, 4) is 0 Å². The SMILES string of the molecule is CCC(O)CNC(=O)c1cc(Cl)c[nH]1. The molecule has 0 aliphatic rings. The molecule has 14 heavy (non-hydrogen) atoms. The van der Waals surface area contributed by atoms with Crippen molar-refractivity contribution in [3.05, 3.63) is 23.0 Å². The monoisotopic (exact) mass is 216 g/mol. The predicted molar refractivity (Wildman–Crippen MR) is 54.4 cm³/mol. The first kappa shape index (κ1) is 11.1. The average Bonchev–Trinajstić information content (AvgIpc) is 2.60. The average molecular weight is 217 g/mol. The molecular weight excluding hydrogens is 204 g/mol. The summed E-state index contributed by atoms with van der Waals surface area (Å²) in [6.07, 6.45) is 1.66. The van der Waals surface area contributed by atoms with E-state index in [2.05, 4.69) is 10.3 Å². The maximum Gasteiger partial charge on any atom is 0.267 e. The summed E-state index contributed by atoms with van der Waals surface area (Å²) in [5.41, 5.74) is 0.401. The highest BCUT2D eigenvalue weighted by Crippen LogP contribution is 2.08. The molecule has 0 aromatic carbocycles. The smallest absolute Gasteiger partial charge is 0.267 e. The molecule has 1 aromatic heterocycles. The van der Waals surface area contributed by atoms with Crippen LogP contribution in [-0.2, 0) is 0 Å². The van der Waals surface area contributed by atoms with Gasteiger partial charge in [-0.25, -0.2) is 0 Å². The molecule has 1 heterocycles.